The van der Waals surface area contributed by atoms with Crippen molar-refractivity contribution in [1.82, 2.24) is 19.4 Å². The molecule has 1 unspecified atom stereocenters. The average molecular weight is 741 g/mol. The Kier molecular flexibility index (Phi) is 10.6. The first-order valence-corrected chi connectivity index (χ1v) is 17.4. The molecule has 3 amide bonds. The van der Waals surface area contributed by atoms with Gasteiger partial charge in [-0.2, -0.15) is 0 Å². The number of piperazine rings is 1. The number of benzene rings is 2. The molecule has 6 rings (SSSR count). The number of methoxy groups -OCH3 is 1. The number of imidazole rings is 1. The Morgan fingerprint density at radius 1 is 1.10 bits per heavy atom. The number of rotatable bonds is 9. The van der Waals surface area contributed by atoms with E-state index in [4.69, 9.17) is 16.3 Å². The molecule has 276 valence electrons. The van der Waals surface area contributed by atoms with Crippen LogP contribution < -0.4 is 5.32 Å². The second-order valence-corrected chi connectivity index (χ2v) is 14.4. The largest absolute Gasteiger partial charge is 0.387 e. The van der Waals surface area contributed by atoms with E-state index in [1.807, 2.05) is 14.1 Å². The van der Waals surface area contributed by atoms with Gasteiger partial charge in [0.25, 0.3) is 17.7 Å². The van der Waals surface area contributed by atoms with E-state index in [2.05, 4.69) is 15.4 Å². The van der Waals surface area contributed by atoms with Crippen molar-refractivity contribution in [2.45, 2.75) is 31.4 Å². The predicted molar refractivity (Wildman–Crippen MR) is 191 cm³/mol. The summed E-state index contributed by atoms with van der Waals surface area (Å²) < 4.78 is 39.5. The molecule has 16 heteroatoms. The fourth-order valence-corrected chi connectivity index (χ4v) is 7.48. The summed E-state index contributed by atoms with van der Waals surface area (Å²) in [5, 5.41) is 17.3. The molecule has 0 aliphatic carbocycles. The number of hydrazone groups is 1. The molecule has 2 fully saturated rings. The molecule has 2 N–H and O–H groups in total. The summed E-state index contributed by atoms with van der Waals surface area (Å²) in [6.45, 7) is 4.59. The van der Waals surface area contributed by atoms with Gasteiger partial charge in [-0.3, -0.25) is 14.4 Å². The van der Waals surface area contributed by atoms with Gasteiger partial charge in [0.05, 0.1) is 42.3 Å². The lowest BCUT2D eigenvalue weighted by atomic mass is 9.94. The third-order valence-corrected chi connectivity index (χ3v) is 10.5. The number of hydrogen-bond donors (Lipinski definition) is 2. The van der Waals surface area contributed by atoms with Crippen LogP contribution in [0, 0.1) is 11.6 Å². The van der Waals surface area contributed by atoms with E-state index in [9.17, 15) is 19.5 Å². The number of nitrogens with one attached hydrogen (secondary N) is 1. The third kappa shape index (κ3) is 7.22. The van der Waals surface area contributed by atoms with Gasteiger partial charge in [0.1, 0.15) is 25.2 Å². The van der Waals surface area contributed by atoms with Crippen LogP contribution in [-0.4, -0.2) is 142 Å². The lowest BCUT2D eigenvalue weighted by Crippen LogP contribution is -2.58. The summed E-state index contributed by atoms with van der Waals surface area (Å²) in [6.07, 6.45) is 2.93. The van der Waals surface area contributed by atoms with Gasteiger partial charge in [0, 0.05) is 63.6 Å². The van der Waals surface area contributed by atoms with Gasteiger partial charge >= 0.3 is 0 Å². The van der Waals surface area contributed by atoms with Gasteiger partial charge in [0.15, 0.2) is 36.3 Å². The summed E-state index contributed by atoms with van der Waals surface area (Å²) in [6, 6.07) is 7.17. The number of amides is 3. The molecule has 3 aliphatic heterocycles. The minimum atomic E-state index is -1.07. The van der Waals surface area contributed by atoms with E-state index < -0.39 is 29.6 Å². The normalized spacial score (nSPS) is 21.3. The minimum absolute atomic E-state index is 0.0174. The van der Waals surface area contributed by atoms with Gasteiger partial charge in [0.2, 0.25) is 0 Å². The second-order valence-electron chi connectivity index (χ2n) is 14.0. The number of aliphatic hydroxyl groups is 1. The van der Waals surface area contributed by atoms with Crippen LogP contribution in [0.2, 0.25) is 5.02 Å². The number of likely N-dealkylation sites (N-methyl/N-ethyl adjacent to an activating group) is 1. The van der Waals surface area contributed by atoms with Crippen LogP contribution in [0.5, 0.6) is 0 Å². The van der Waals surface area contributed by atoms with Crippen molar-refractivity contribution in [3.63, 3.8) is 0 Å². The monoisotopic (exact) mass is 740 g/mol. The molecule has 13 nitrogen and oxygen atoms in total. The first-order valence-electron chi connectivity index (χ1n) is 17.1. The zero-order valence-electron chi connectivity index (χ0n) is 29.8. The summed E-state index contributed by atoms with van der Waals surface area (Å²) in [5.41, 5.74) is 1.45. The third-order valence-electron chi connectivity index (χ3n) is 10.1. The smallest absolute Gasteiger partial charge is 0.291 e. The number of nitrogens with zero attached hydrogens (tertiary/aromatic N) is 7. The van der Waals surface area contributed by atoms with Gasteiger partial charge in [-0.1, -0.05) is 22.4 Å². The van der Waals surface area contributed by atoms with Crippen molar-refractivity contribution < 1.29 is 42.2 Å². The standard InChI is InChI=1S/C36H42ClF2N8O5/c1-21-27(19-46(42-21)14-15-52-5)24-8-9-26(32(39)31(24)38)29-18-40-33(43(29)2)34(49)41-22-6-7-25(28(37)16-22)35(50)44-10-12-45(13-11-44)36(51)30-17-23(48)20-47(30,3)4/h6-9,16,18-19,23,27,30,48H,10-15,17,20H2,1-5H3/q+1/p+1/t23-,27?,30-/m0/s1. The van der Waals surface area contributed by atoms with Crippen LogP contribution in [0.4, 0.5) is 14.5 Å². The molecular formula is C36H43ClF2N8O5+2. The van der Waals surface area contributed by atoms with E-state index in [1.165, 1.54) is 42.1 Å². The number of halogens is 3. The lowest BCUT2D eigenvalue weighted by molar-refractivity contribution is -0.894. The summed E-state index contributed by atoms with van der Waals surface area (Å²) in [7, 11) is 6.98. The maximum atomic E-state index is 15.5. The first-order chi connectivity index (χ1) is 24.7. The predicted octanol–water partition coefficient (Wildman–Crippen LogP) is 2.97. The Bertz CT molecular complexity index is 1970. The maximum absolute atomic E-state index is 15.5. The highest BCUT2D eigenvalue weighted by atomic mass is 35.5. The van der Waals surface area contributed by atoms with E-state index in [0.717, 1.165) is 0 Å². The first kappa shape index (κ1) is 37.2. The van der Waals surface area contributed by atoms with Gasteiger partial charge < -0.3 is 34.0 Å². The molecule has 52 heavy (non-hydrogen) atoms. The van der Waals surface area contributed by atoms with Crippen LogP contribution >= 0.6 is 11.6 Å². The highest BCUT2D eigenvalue weighted by molar-refractivity contribution is 6.34. The Labute approximate surface area is 305 Å². The van der Waals surface area contributed by atoms with Crippen molar-refractivity contribution in [2.24, 2.45) is 12.1 Å². The van der Waals surface area contributed by atoms with Crippen LogP contribution in [-0.2, 0) is 16.6 Å². The summed E-state index contributed by atoms with van der Waals surface area (Å²) >= 11 is 6.53. The second kappa shape index (κ2) is 14.8. The number of hydrogen-bond acceptors (Lipinski definition) is 7. The Balaban J connectivity index is 1.09. The van der Waals surface area contributed by atoms with Crippen LogP contribution in [0.25, 0.3) is 11.3 Å². The van der Waals surface area contributed by atoms with E-state index >= 15 is 8.78 Å². The number of carbonyl (C=O) groups excluding carboxylic acids is 3. The Morgan fingerprint density at radius 2 is 1.81 bits per heavy atom. The lowest BCUT2D eigenvalue weighted by Gasteiger charge is -2.38. The Morgan fingerprint density at radius 3 is 2.46 bits per heavy atom. The van der Waals surface area contributed by atoms with Crippen LogP contribution in [0.3, 0.4) is 0 Å². The minimum Gasteiger partial charge on any atom is -0.387 e. The number of ether oxygens (including phenoxy) is 1. The molecule has 0 saturated carbocycles. The summed E-state index contributed by atoms with van der Waals surface area (Å²) in [5.74, 6) is -3.61. The zero-order valence-corrected chi connectivity index (χ0v) is 30.5. The SMILES string of the molecule is COCC[N+]1=CC(c2ccc(-c3cnc(C(=O)Nc4ccc(C(=O)N5CCN(C(=O)[C@@H]6C[C@H](O)C[N+]6(C)C)CC5)c(Cl)c4)n3C)c(F)c2F)C(C)=N1. The topological polar surface area (TPSA) is 132 Å². The van der Waals surface area contributed by atoms with Crippen molar-refractivity contribution >= 4 is 46.9 Å². The van der Waals surface area contributed by atoms with E-state index in [-0.39, 0.29) is 51.1 Å². The van der Waals surface area contributed by atoms with Crippen molar-refractivity contribution in [2.75, 3.05) is 72.4 Å². The highest BCUT2D eigenvalue weighted by Gasteiger charge is 2.46. The number of likely N-dealkylation sites (tertiary alicyclic amines) is 1. The molecule has 0 bridgehead atoms. The number of aromatic nitrogens is 2. The molecule has 0 spiro atoms. The molecule has 1 aromatic heterocycles. The number of carbonyl (C=O) groups is 3. The zero-order chi connectivity index (χ0) is 37.5. The van der Waals surface area contributed by atoms with E-state index in [0.29, 0.717) is 68.2 Å². The number of aliphatic hydroxyl groups excluding tert-OH is 1. The van der Waals surface area contributed by atoms with Crippen molar-refractivity contribution in [3.05, 3.63) is 70.1 Å². The number of anilines is 1. The van der Waals surface area contributed by atoms with Gasteiger partial charge in [-0.25, -0.2) is 13.8 Å². The fraction of sp³-hybridized carbons (Fsp3) is 0.444. The van der Waals surface area contributed by atoms with Crippen LogP contribution in [0.1, 0.15) is 45.8 Å². The molecule has 4 heterocycles. The Hall–Kier alpha value is -4.57. The molecule has 3 atom stereocenters. The maximum Gasteiger partial charge on any atom is 0.291 e. The molecule has 3 aliphatic rings. The molecule has 3 aromatic rings. The summed E-state index contributed by atoms with van der Waals surface area (Å²) in [4.78, 5) is 47.4. The van der Waals surface area contributed by atoms with E-state index in [1.54, 1.807) is 40.8 Å². The fourth-order valence-electron chi connectivity index (χ4n) is 7.22. The molecule has 2 aromatic carbocycles. The average Bonchev–Trinajstić information content (AvgIpc) is 3.76. The molecule has 2 saturated heterocycles. The molecular weight excluding hydrogens is 698 g/mol. The van der Waals surface area contributed by atoms with Gasteiger partial charge in [-0.15, -0.1) is 0 Å². The van der Waals surface area contributed by atoms with Crippen molar-refractivity contribution in [3.8, 4) is 11.3 Å². The number of quaternary nitrogens is 1. The molecule has 0 radical (unpaired) electrons. The van der Waals surface area contributed by atoms with Gasteiger partial charge in [-0.05, 0) is 36.3 Å². The quantitative estimate of drug-likeness (QED) is 0.256. The highest BCUT2D eigenvalue weighted by Crippen LogP contribution is 2.32. The van der Waals surface area contributed by atoms with Crippen LogP contribution in [0.15, 0.2) is 41.6 Å². The van der Waals surface area contributed by atoms with Crippen molar-refractivity contribution in [1.29, 1.82) is 0 Å².